The van der Waals surface area contributed by atoms with Crippen molar-refractivity contribution in [2.75, 3.05) is 32.8 Å². The number of ether oxygens (including phenoxy) is 1. The minimum absolute atomic E-state index is 0.103. The van der Waals surface area contributed by atoms with Crippen LogP contribution in [0.3, 0.4) is 0 Å². The monoisotopic (exact) mass is 220 g/mol. The van der Waals surface area contributed by atoms with Crippen molar-refractivity contribution in [2.45, 2.75) is 0 Å². The van der Waals surface area contributed by atoms with Crippen molar-refractivity contribution < 1.29 is 9.53 Å². The van der Waals surface area contributed by atoms with E-state index in [0.29, 0.717) is 13.2 Å². The highest BCUT2D eigenvalue weighted by molar-refractivity contribution is 5.78. The van der Waals surface area contributed by atoms with Crippen molar-refractivity contribution in [3.63, 3.8) is 0 Å². The number of nitrogens with zero attached hydrogens (tertiary/aromatic N) is 1. The number of carbonyl (C=O) groups excluding carboxylic acids is 1. The van der Waals surface area contributed by atoms with E-state index in [-0.39, 0.29) is 5.91 Å². The zero-order valence-corrected chi connectivity index (χ0v) is 9.19. The highest BCUT2D eigenvalue weighted by Gasteiger charge is 2.15. The van der Waals surface area contributed by atoms with Gasteiger partial charge in [-0.3, -0.25) is 9.69 Å². The highest BCUT2D eigenvalue weighted by Crippen LogP contribution is 2.07. The summed E-state index contributed by atoms with van der Waals surface area (Å²) >= 11 is 0. The molecule has 1 aromatic rings. The molecule has 0 unspecified atom stereocenters. The summed E-state index contributed by atoms with van der Waals surface area (Å²) in [5.41, 5.74) is 0. The molecule has 1 heterocycles. The molecule has 0 saturated carbocycles. The number of benzene rings is 1. The Kier molecular flexibility index (Phi) is 3.77. The Bertz CT molecular complexity index is 340. The number of piperazine rings is 1. The summed E-state index contributed by atoms with van der Waals surface area (Å²) in [5.74, 6) is 0.981. The van der Waals surface area contributed by atoms with E-state index in [9.17, 15) is 4.79 Å². The third-order valence-corrected chi connectivity index (χ3v) is 2.54. The van der Waals surface area contributed by atoms with E-state index in [2.05, 4.69) is 10.2 Å². The molecule has 1 aliphatic heterocycles. The smallest absolute Gasteiger partial charge is 0.234 e. The van der Waals surface area contributed by atoms with Crippen LogP contribution in [0.2, 0.25) is 0 Å². The van der Waals surface area contributed by atoms with E-state index >= 15 is 0 Å². The number of amides is 1. The second-order valence-corrected chi connectivity index (χ2v) is 3.79. The Morgan fingerprint density at radius 1 is 1.31 bits per heavy atom. The van der Waals surface area contributed by atoms with E-state index < -0.39 is 0 Å². The largest absolute Gasteiger partial charge is 0.492 e. The van der Waals surface area contributed by atoms with Crippen LogP contribution in [0.15, 0.2) is 30.3 Å². The molecular formula is C12H16N2O2. The lowest BCUT2D eigenvalue weighted by molar-refractivity contribution is -0.124. The molecule has 1 aliphatic rings. The van der Waals surface area contributed by atoms with Gasteiger partial charge >= 0.3 is 0 Å². The predicted octanol–water partition coefficient (Wildman–Crippen LogP) is 0.497. The van der Waals surface area contributed by atoms with Crippen molar-refractivity contribution in [3.05, 3.63) is 30.3 Å². The fourth-order valence-corrected chi connectivity index (χ4v) is 1.69. The van der Waals surface area contributed by atoms with Crippen LogP contribution in [0.25, 0.3) is 0 Å². The standard InChI is InChI=1S/C12H16N2O2/c15-12-10-14(7-6-13-12)8-9-16-11-4-2-1-3-5-11/h1-5H,6-10H2,(H,13,15). The average Bonchev–Trinajstić information content (AvgIpc) is 2.30. The lowest BCUT2D eigenvalue weighted by Crippen LogP contribution is -2.48. The van der Waals surface area contributed by atoms with Crippen LogP contribution in [0.4, 0.5) is 0 Å². The third kappa shape index (κ3) is 3.24. The van der Waals surface area contributed by atoms with Crippen molar-refractivity contribution in [3.8, 4) is 5.75 Å². The van der Waals surface area contributed by atoms with Crippen LogP contribution in [0.1, 0.15) is 0 Å². The maximum Gasteiger partial charge on any atom is 0.234 e. The van der Waals surface area contributed by atoms with Crippen LogP contribution in [0, 0.1) is 0 Å². The molecule has 4 nitrogen and oxygen atoms in total. The van der Waals surface area contributed by atoms with Gasteiger partial charge in [0.25, 0.3) is 0 Å². The van der Waals surface area contributed by atoms with Gasteiger partial charge in [-0.05, 0) is 12.1 Å². The van der Waals surface area contributed by atoms with E-state index in [1.54, 1.807) is 0 Å². The van der Waals surface area contributed by atoms with E-state index in [4.69, 9.17) is 4.74 Å². The zero-order valence-electron chi connectivity index (χ0n) is 9.19. The summed E-state index contributed by atoms with van der Waals surface area (Å²) in [6, 6.07) is 9.72. The van der Waals surface area contributed by atoms with Gasteiger partial charge < -0.3 is 10.1 Å². The Balaban J connectivity index is 1.70. The minimum Gasteiger partial charge on any atom is -0.492 e. The summed E-state index contributed by atoms with van der Waals surface area (Å²) in [7, 11) is 0. The Hall–Kier alpha value is -1.55. The lowest BCUT2D eigenvalue weighted by Gasteiger charge is -2.26. The molecule has 1 fully saturated rings. The first-order valence-corrected chi connectivity index (χ1v) is 5.51. The molecule has 16 heavy (non-hydrogen) atoms. The molecule has 0 spiro atoms. The Labute approximate surface area is 95.2 Å². The van der Waals surface area contributed by atoms with Crippen molar-refractivity contribution in [1.29, 1.82) is 0 Å². The number of carbonyl (C=O) groups is 1. The number of rotatable bonds is 4. The van der Waals surface area contributed by atoms with Crippen LogP contribution in [-0.2, 0) is 4.79 Å². The van der Waals surface area contributed by atoms with Gasteiger partial charge in [0.2, 0.25) is 5.91 Å². The number of nitrogens with one attached hydrogen (secondary N) is 1. The Morgan fingerprint density at radius 3 is 2.88 bits per heavy atom. The third-order valence-electron chi connectivity index (χ3n) is 2.54. The molecule has 86 valence electrons. The molecular weight excluding hydrogens is 204 g/mol. The first-order chi connectivity index (χ1) is 7.84. The van der Waals surface area contributed by atoms with Gasteiger partial charge in [-0.15, -0.1) is 0 Å². The molecule has 1 amide bonds. The summed E-state index contributed by atoms with van der Waals surface area (Å²) in [5, 5.41) is 2.80. The molecule has 0 atom stereocenters. The van der Waals surface area contributed by atoms with Gasteiger partial charge in [0.15, 0.2) is 0 Å². The fraction of sp³-hybridized carbons (Fsp3) is 0.417. The maximum atomic E-state index is 11.1. The molecule has 1 saturated heterocycles. The molecule has 0 aliphatic carbocycles. The molecule has 4 heteroatoms. The SMILES string of the molecule is O=C1CN(CCOc2ccccc2)CCN1. The quantitative estimate of drug-likeness (QED) is 0.803. The second-order valence-electron chi connectivity index (χ2n) is 3.79. The number of hydrogen-bond donors (Lipinski definition) is 1. The zero-order chi connectivity index (χ0) is 11.2. The van der Waals surface area contributed by atoms with Gasteiger partial charge in [-0.1, -0.05) is 18.2 Å². The van der Waals surface area contributed by atoms with Crippen LogP contribution in [0.5, 0.6) is 5.75 Å². The van der Waals surface area contributed by atoms with Crippen molar-refractivity contribution in [1.82, 2.24) is 10.2 Å². The number of para-hydroxylation sites is 1. The van der Waals surface area contributed by atoms with E-state index in [0.717, 1.165) is 25.4 Å². The van der Waals surface area contributed by atoms with Gasteiger partial charge in [-0.2, -0.15) is 0 Å². The lowest BCUT2D eigenvalue weighted by atomic mass is 10.3. The van der Waals surface area contributed by atoms with Crippen LogP contribution in [-0.4, -0.2) is 43.6 Å². The molecule has 1 aromatic carbocycles. The Morgan fingerprint density at radius 2 is 2.12 bits per heavy atom. The topological polar surface area (TPSA) is 41.6 Å². The van der Waals surface area contributed by atoms with Crippen molar-refractivity contribution in [2.24, 2.45) is 0 Å². The molecule has 2 rings (SSSR count). The minimum atomic E-state index is 0.103. The molecule has 0 bridgehead atoms. The second kappa shape index (κ2) is 5.51. The van der Waals surface area contributed by atoms with Crippen LogP contribution >= 0.6 is 0 Å². The van der Waals surface area contributed by atoms with Crippen molar-refractivity contribution >= 4 is 5.91 Å². The maximum absolute atomic E-state index is 11.1. The average molecular weight is 220 g/mol. The first-order valence-electron chi connectivity index (χ1n) is 5.51. The highest BCUT2D eigenvalue weighted by atomic mass is 16.5. The van der Waals surface area contributed by atoms with Gasteiger partial charge in [0, 0.05) is 19.6 Å². The van der Waals surface area contributed by atoms with E-state index in [1.807, 2.05) is 30.3 Å². The van der Waals surface area contributed by atoms with Gasteiger partial charge in [0.1, 0.15) is 12.4 Å². The summed E-state index contributed by atoms with van der Waals surface area (Å²) in [6.45, 7) is 3.55. The van der Waals surface area contributed by atoms with Gasteiger partial charge in [-0.25, -0.2) is 0 Å². The summed E-state index contributed by atoms with van der Waals surface area (Å²) in [4.78, 5) is 13.2. The van der Waals surface area contributed by atoms with Crippen LogP contribution < -0.4 is 10.1 Å². The summed E-state index contributed by atoms with van der Waals surface area (Å²) in [6.07, 6.45) is 0. The first kappa shape index (κ1) is 11.0. The van der Waals surface area contributed by atoms with Gasteiger partial charge in [0.05, 0.1) is 6.54 Å². The normalized spacial score (nSPS) is 16.9. The molecule has 0 aromatic heterocycles. The number of hydrogen-bond acceptors (Lipinski definition) is 3. The summed E-state index contributed by atoms with van der Waals surface area (Å²) < 4.78 is 5.57. The molecule has 1 N–H and O–H groups in total. The molecule has 0 radical (unpaired) electrons. The fourth-order valence-electron chi connectivity index (χ4n) is 1.69. The predicted molar refractivity (Wildman–Crippen MR) is 61.4 cm³/mol. The van der Waals surface area contributed by atoms with E-state index in [1.165, 1.54) is 0 Å².